The van der Waals surface area contributed by atoms with Crippen molar-refractivity contribution in [1.82, 2.24) is 25.5 Å². The fourth-order valence-corrected chi connectivity index (χ4v) is 2.01. The molecule has 1 N–H and O–H groups in total. The zero-order valence-electron chi connectivity index (χ0n) is 10.3. The zero-order valence-corrected chi connectivity index (χ0v) is 11.1. The highest BCUT2D eigenvalue weighted by molar-refractivity contribution is 7.13. The quantitative estimate of drug-likeness (QED) is 0.885. The van der Waals surface area contributed by atoms with E-state index in [9.17, 15) is 4.79 Å². The third-order valence-electron chi connectivity index (χ3n) is 2.50. The van der Waals surface area contributed by atoms with Gasteiger partial charge in [-0.3, -0.25) is 4.79 Å². The number of thiophene rings is 1. The van der Waals surface area contributed by atoms with Crippen molar-refractivity contribution in [2.45, 2.75) is 32.9 Å². The van der Waals surface area contributed by atoms with Crippen molar-refractivity contribution in [1.29, 1.82) is 0 Å². The maximum atomic E-state index is 11.6. The first-order valence-electron chi connectivity index (χ1n) is 5.80. The summed E-state index contributed by atoms with van der Waals surface area (Å²) in [5, 5.41) is 16.8. The van der Waals surface area contributed by atoms with Crippen LogP contribution in [0, 0.1) is 0 Å². The van der Waals surface area contributed by atoms with Gasteiger partial charge in [0, 0.05) is 6.04 Å². The van der Waals surface area contributed by atoms with Gasteiger partial charge in [-0.1, -0.05) is 13.0 Å². The van der Waals surface area contributed by atoms with Crippen molar-refractivity contribution in [3.8, 4) is 10.7 Å². The van der Waals surface area contributed by atoms with E-state index in [-0.39, 0.29) is 18.5 Å². The second kappa shape index (κ2) is 5.72. The van der Waals surface area contributed by atoms with Crippen molar-refractivity contribution in [2.75, 3.05) is 0 Å². The Hall–Kier alpha value is -1.76. The van der Waals surface area contributed by atoms with Gasteiger partial charge in [-0.25, -0.2) is 0 Å². The summed E-state index contributed by atoms with van der Waals surface area (Å²) >= 11 is 1.54. The van der Waals surface area contributed by atoms with Gasteiger partial charge < -0.3 is 5.32 Å². The van der Waals surface area contributed by atoms with Crippen molar-refractivity contribution < 1.29 is 4.79 Å². The molecule has 0 aliphatic heterocycles. The van der Waals surface area contributed by atoms with E-state index in [1.165, 1.54) is 4.80 Å². The van der Waals surface area contributed by atoms with Crippen LogP contribution in [0.1, 0.15) is 20.3 Å². The monoisotopic (exact) mass is 265 g/mol. The van der Waals surface area contributed by atoms with E-state index in [0.29, 0.717) is 5.82 Å². The Balaban J connectivity index is 1.97. The predicted molar refractivity (Wildman–Crippen MR) is 69.0 cm³/mol. The normalized spacial score (nSPS) is 12.3. The van der Waals surface area contributed by atoms with Gasteiger partial charge in [0.2, 0.25) is 11.7 Å². The van der Waals surface area contributed by atoms with Crippen LogP contribution in [0.5, 0.6) is 0 Å². The van der Waals surface area contributed by atoms with Crippen LogP contribution in [0.25, 0.3) is 10.7 Å². The highest BCUT2D eigenvalue weighted by atomic mass is 32.1. The molecule has 2 rings (SSSR count). The van der Waals surface area contributed by atoms with Gasteiger partial charge >= 0.3 is 0 Å². The first kappa shape index (κ1) is 12.7. The average Bonchev–Trinajstić information content (AvgIpc) is 2.98. The van der Waals surface area contributed by atoms with Crippen molar-refractivity contribution >= 4 is 17.2 Å². The Morgan fingerprint density at radius 3 is 3.11 bits per heavy atom. The molecular formula is C11H15N5OS. The first-order valence-corrected chi connectivity index (χ1v) is 6.68. The Kier molecular flexibility index (Phi) is 4.03. The van der Waals surface area contributed by atoms with Crippen LogP contribution in [0.2, 0.25) is 0 Å². The van der Waals surface area contributed by atoms with Crippen molar-refractivity contribution in [3.05, 3.63) is 17.5 Å². The topological polar surface area (TPSA) is 72.7 Å². The zero-order chi connectivity index (χ0) is 13.0. The molecule has 96 valence electrons. The molecule has 0 bridgehead atoms. The molecule has 0 saturated heterocycles. The first-order chi connectivity index (χ1) is 8.69. The Morgan fingerprint density at radius 1 is 1.61 bits per heavy atom. The number of aromatic nitrogens is 4. The summed E-state index contributed by atoms with van der Waals surface area (Å²) in [6, 6.07) is 4.01. The van der Waals surface area contributed by atoms with Gasteiger partial charge in [-0.15, -0.1) is 21.5 Å². The number of nitrogens with one attached hydrogen (secondary N) is 1. The number of carbonyl (C=O) groups is 1. The molecule has 0 aromatic carbocycles. The molecule has 2 heterocycles. The fourth-order valence-electron chi connectivity index (χ4n) is 1.37. The minimum Gasteiger partial charge on any atom is -0.352 e. The fraction of sp³-hybridized carbons (Fsp3) is 0.455. The number of amides is 1. The lowest BCUT2D eigenvalue weighted by molar-refractivity contribution is -0.122. The van der Waals surface area contributed by atoms with E-state index in [4.69, 9.17) is 0 Å². The molecule has 0 aliphatic rings. The van der Waals surface area contributed by atoms with Crippen LogP contribution in [-0.2, 0) is 11.3 Å². The van der Waals surface area contributed by atoms with Crippen LogP contribution >= 0.6 is 11.3 Å². The molecule has 0 saturated carbocycles. The minimum absolute atomic E-state index is 0.0977. The standard InChI is InChI=1S/C11H15N5OS/c1-3-8(2)12-10(17)7-16-14-11(13-15-16)9-5-4-6-18-9/h4-6,8H,3,7H2,1-2H3,(H,12,17)/t8-/m1/s1. The lowest BCUT2D eigenvalue weighted by Gasteiger charge is -2.10. The van der Waals surface area contributed by atoms with E-state index in [2.05, 4.69) is 20.7 Å². The van der Waals surface area contributed by atoms with E-state index in [1.54, 1.807) is 11.3 Å². The summed E-state index contributed by atoms with van der Waals surface area (Å²) in [6.07, 6.45) is 0.900. The molecule has 2 aromatic rings. The molecular weight excluding hydrogens is 250 g/mol. The molecule has 7 heteroatoms. The van der Waals surface area contributed by atoms with Gasteiger partial charge in [-0.2, -0.15) is 4.80 Å². The number of rotatable bonds is 5. The highest BCUT2D eigenvalue weighted by Crippen LogP contribution is 2.19. The van der Waals surface area contributed by atoms with Crippen molar-refractivity contribution in [3.63, 3.8) is 0 Å². The second-order valence-corrected chi connectivity index (χ2v) is 4.95. The maximum Gasteiger partial charge on any atom is 0.243 e. The Bertz CT molecular complexity index is 507. The predicted octanol–water partition coefficient (Wildman–Crippen LogP) is 1.32. The van der Waals surface area contributed by atoms with E-state index in [0.717, 1.165) is 11.3 Å². The van der Waals surface area contributed by atoms with Gasteiger partial charge in [0.15, 0.2) is 0 Å². The number of tetrazole rings is 1. The molecule has 18 heavy (non-hydrogen) atoms. The molecule has 0 radical (unpaired) electrons. The Morgan fingerprint density at radius 2 is 2.44 bits per heavy atom. The lowest BCUT2D eigenvalue weighted by atomic mass is 10.2. The molecule has 6 nitrogen and oxygen atoms in total. The molecule has 2 aromatic heterocycles. The molecule has 1 atom stereocenters. The molecule has 0 unspecified atom stereocenters. The Labute approximate surface area is 109 Å². The smallest absolute Gasteiger partial charge is 0.243 e. The van der Waals surface area contributed by atoms with E-state index in [1.807, 2.05) is 31.4 Å². The van der Waals surface area contributed by atoms with Crippen LogP contribution in [0.15, 0.2) is 17.5 Å². The van der Waals surface area contributed by atoms with Gasteiger partial charge in [-0.05, 0) is 30.0 Å². The molecule has 1 amide bonds. The number of nitrogens with zero attached hydrogens (tertiary/aromatic N) is 4. The largest absolute Gasteiger partial charge is 0.352 e. The molecule has 0 fully saturated rings. The minimum atomic E-state index is -0.0977. The van der Waals surface area contributed by atoms with Gasteiger partial charge in [0.1, 0.15) is 6.54 Å². The summed E-state index contributed by atoms with van der Waals surface area (Å²) in [6.45, 7) is 4.08. The summed E-state index contributed by atoms with van der Waals surface area (Å²) in [5.74, 6) is 0.459. The summed E-state index contributed by atoms with van der Waals surface area (Å²) < 4.78 is 0. The summed E-state index contributed by atoms with van der Waals surface area (Å²) in [4.78, 5) is 13.9. The number of hydrogen-bond donors (Lipinski definition) is 1. The lowest BCUT2D eigenvalue weighted by Crippen LogP contribution is -2.35. The average molecular weight is 265 g/mol. The van der Waals surface area contributed by atoms with Crippen LogP contribution in [-0.4, -0.2) is 32.2 Å². The van der Waals surface area contributed by atoms with Gasteiger partial charge in [0.05, 0.1) is 4.88 Å². The SMILES string of the molecule is CC[C@@H](C)NC(=O)Cn1nnc(-c2cccs2)n1. The third kappa shape index (κ3) is 3.13. The second-order valence-electron chi connectivity index (χ2n) is 4.00. The highest BCUT2D eigenvalue weighted by Gasteiger charge is 2.10. The van der Waals surface area contributed by atoms with Crippen molar-refractivity contribution in [2.24, 2.45) is 0 Å². The van der Waals surface area contributed by atoms with Crippen LogP contribution in [0.4, 0.5) is 0 Å². The summed E-state index contributed by atoms with van der Waals surface area (Å²) in [7, 11) is 0. The number of hydrogen-bond acceptors (Lipinski definition) is 5. The maximum absolute atomic E-state index is 11.6. The van der Waals surface area contributed by atoms with Crippen LogP contribution < -0.4 is 5.32 Å². The van der Waals surface area contributed by atoms with Crippen LogP contribution in [0.3, 0.4) is 0 Å². The van der Waals surface area contributed by atoms with E-state index >= 15 is 0 Å². The molecule has 0 aliphatic carbocycles. The number of carbonyl (C=O) groups excluding carboxylic acids is 1. The van der Waals surface area contributed by atoms with E-state index < -0.39 is 0 Å². The third-order valence-corrected chi connectivity index (χ3v) is 3.36. The van der Waals surface area contributed by atoms with Gasteiger partial charge in [0.25, 0.3) is 0 Å². The summed E-state index contributed by atoms with van der Waals surface area (Å²) in [5.41, 5.74) is 0. The molecule has 0 spiro atoms.